The molecule has 3 rings (SSSR count). The van der Waals surface area contributed by atoms with Crippen LogP contribution in [0.2, 0.25) is 0 Å². The van der Waals surface area contributed by atoms with E-state index in [0.29, 0.717) is 25.8 Å². The number of aryl methyl sites for hydroxylation is 1. The van der Waals surface area contributed by atoms with Gasteiger partial charge in [-0.1, -0.05) is 24.3 Å². The van der Waals surface area contributed by atoms with Crippen LogP contribution in [0, 0.1) is 6.92 Å². The number of guanidine groups is 1. The minimum atomic E-state index is 0. The van der Waals surface area contributed by atoms with E-state index in [1.165, 1.54) is 16.0 Å². The molecule has 2 N–H and O–H groups in total. The number of aromatic nitrogens is 1. The van der Waals surface area contributed by atoms with E-state index >= 15 is 0 Å². The predicted molar refractivity (Wildman–Crippen MR) is 124 cm³/mol. The van der Waals surface area contributed by atoms with Crippen molar-refractivity contribution < 1.29 is 9.47 Å². The third kappa shape index (κ3) is 7.65. The molecule has 0 aliphatic carbocycles. The summed E-state index contributed by atoms with van der Waals surface area (Å²) in [7, 11) is 1.78. The summed E-state index contributed by atoms with van der Waals surface area (Å²) in [6.07, 6.45) is 4.19. The van der Waals surface area contributed by atoms with Gasteiger partial charge in [0.2, 0.25) is 0 Å². The molecule has 0 saturated carbocycles. The number of nitrogens with zero attached hydrogens (tertiary/aromatic N) is 2. The first kappa shape index (κ1) is 23.1. The number of halogens is 1. The normalized spacial score (nSPS) is 15.1. The van der Waals surface area contributed by atoms with Crippen LogP contribution in [-0.4, -0.2) is 37.3 Å². The lowest BCUT2D eigenvalue weighted by molar-refractivity contribution is -0.0390. The third-order valence-electron chi connectivity index (χ3n) is 4.41. The van der Waals surface area contributed by atoms with Crippen molar-refractivity contribution in [2.75, 3.05) is 20.3 Å². The van der Waals surface area contributed by atoms with Crippen molar-refractivity contribution in [2.45, 2.75) is 45.6 Å². The molecule has 8 heteroatoms. The van der Waals surface area contributed by atoms with Gasteiger partial charge in [0, 0.05) is 37.9 Å². The van der Waals surface area contributed by atoms with Gasteiger partial charge in [-0.15, -0.1) is 35.3 Å². The molecule has 154 valence electrons. The molecule has 0 amide bonds. The lowest BCUT2D eigenvalue weighted by Gasteiger charge is -2.22. The molecular formula is C20H29IN4O2S. The molecule has 6 nitrogen and oxygen atoms in total. The molecule has 1 aliphatic heterocycles. The molecule has 0 bridgehead atoms. The zero-order chi connectivity index (χ0) is 18.9. The number of rotatable bonds is 7. The average molecular weight is 516 g/mol. The smallest absolute Gasteiger partial charge is 0.191 e. The fourth-order valence-electron chi connectivity index (χ4n) is 2.93. The second kappa shape index (κ2) is 12.4. The fourth-order valence-corrected chi connectivity index (χ4v) is 3.66. The summed E-state index contributed by atoms with van der Waals surface area (Å²) < 4.78 is 11.4. The lowest BCUT2D eigenvalue weighted by Crippen LogP contribution is -2.36. The molecule has 1 saturated heterocycles. The summed E-state index contributed by atoms with van der Waals surface area (Å²) in [6, 6.07) is 8.49. The number of hydrogen-bond acceptors (Lipinski definition) is 5. The van der Waals surface area contributed by atoms with Gasteiger partial charge in [0.05, 0.1) is 19.3 Å². The Morgan fingerprint density at radius 3 is 2.71 bits per heavy atom. The Morgan fingerprint density at radius 1 is 1.25 bits per heavy atom. The number of aliphatic imine (C=N–C) groups is 1. The number of nitrogens with one attached hydrogen (secondary N) is 2. The molecular weight excluding hydrogens is 487 g/mol. The van der Waals surface area contributed by atoms with Crippen LogP contribution in [0.5, 0.6) is 0 Å². The highest BCUT2D eigenvalue weighted by Crippen LogP contribution is 2.14. The maximum atomic E-state index is 6.02. The molecule has 0 radical (unpaired) electrons. The Morgan fingerprint density at radius 2 is 2.00 bits per heavy atom. The van der Waals surface area contributed by atoms with Crippen molar-refractivity contribution in [3.63, 3.8) is 0 Å². The van der Waals surface area contributed by atoms with Gasteiger partial charge in [-0.25, -0.2) is 4.98 Å². The van der Waals surface area contributed by atoms with Crippen LogP contribution < -0.4 is 10.6 Å². The second-order valence-corrected chi connectivity index (χ2v) is 7.91. The standard InChI is InChI=1S/C20H28N4O2S.HI/c1-15-11-22-19(27-15)13-24-20(21-2)23-12-16-4-3-5-17(10-16)14-26-18-6-8-25-9-7-18;/h3-5,10-11,18H,6-9,12-14H2,1-2H3,(H2,21,23,24);1H. The Labute approximate surface area is 188 Å². The first-order valence-electron chi connectivity index (χ1n) is 9.36. The van der Waals surface area contributed by atoms with E-state index in [1.54, 1.807) is 18.4 Å². The van der Waals surface area contributed by atoms with Crippen molar-refractivity contribution in [1.29, 1.82) is 0 Å². The summed E-state index contributed by atoms with van der Waals surface area (Å²) in [4.78, 5) is 9.86. The zero-order valence-electron chi connectivity index (χ0n) is 16.4. The summed E-state index contributed by atoms with van der Waals surface area (Å²) in [5.41, 5.74) is 2.40. The molecule has 2 heterocycles. The van der Waals surface area contributed by atoms with E-state index in [0.717, 1.165) is 37.0 Å². The van der Waals surface area contributed by atoms with Crippen LogP contribution in [0.4, 0.5) is 0 Å². The van der Waals surface area contributed by atoms with Gasteiger partial charge in [0.25, 0.3) is 0 Å². The van der Waals surface area contributed by atoms with Gasteiger partial charge < -0.3 is 20.1 Å². The lowest BCUT2D eigenvalue weighted by atomic mass is 10.1. The van der Waals surface area contributed by atoms with Crippen LogP contribution >= 0.6 is 35.3 Å². The molecule has 28 heavy (non-hydrogen) atoms. The molecule has 1 fully saturated rings. The second-order valence-electron chi connectivity index (χ2n) is 6.59. The van der Waals surface area contributed by atoms with Gasteiger partial charge in [-0.2, -0.15) is 0 Å². The third-order valence-corrected chi connectivity index (χ3v) is 5.32. The van der Waals surface area contributed by atoms with Crippen molar-refractivity contribution in [3.05, 3.63) is 51.5 Å². The quantitative estimate of drug-likeness (QED) is 0.334. The fraction of sp³-hybridized carbons (Fsp3) is 0.500. The molecule has 1 aromatic carbocycles. The van der Waals surface area contributed by atoms with Crippen LogP contribution in [0.15, 0.2) is 35.5 Å². The monoisotopic (exact) mass is 516 g/mol. The summed E-state index contributed by atoms with van der Waals surface area (Å²) in [5.74, 6) is 0.770. The van der Waals surface area contributed by atoms with E-state index in [-0.39, 0.29) is 24.0 Å². The van der Waals surface area contributed by atoms with Gasteiger partial charge in [-0.05, 0) is 30.9 Å². The molecule has 1 aromatic heterocycles. The number of benzene rings is 1. The van der Waals surface area contributed by atoms with E-state index in [2.05, 4.69) is 51.8 Å². The minimum Gasteiger partial charge on any atom is -0.381 e. The number of ether oxygens (including phenoxy) is 2. The maximum Gasteiger partial charge on any atom is 0.191 e. The summed E-state index contributed by atoms with van der Waals surface area (Å²) in [6.45, 7) is 5.71. The van der Waals surface area contributed by atoms with E-state index in [4.69, 9.17) is 9.47 Å². The van der Waals surface area contributed by atoms with Gasteiger partial charge in [0.1, 0.15) is 5.01 Å². The highest BCUT2D eigenvalue weighted by molar-refractivity contribution is 14.0. The summed E-state index contributed by atoms with van der Waals surface area (Å²) >= 11 is 1.70. The highest BCUT2D eigenvalue weighted by Gasteiger charge is 2.14. The Kier molecular flexibility index (Phi) is 10.2. The van der Waals surface area contributed by atoms with E-state index in [1.807, 2.05) is 6.20 Å². The largest absolute Gasteiger partial charge is 0.381 e. The molecule has 2 aromatic rings. The van der Waals surface area contributed by atoms with Crippen LogP contribution in [-0.2, 0) is 29.2 Å². The van der Waals surface area contributed by atoms with Crippen LogP contribution in [0.3, 0.4) is 0 Å². The van der Waals surface area contributed by atoms with Crippen LogP contribution in [0.25, 0.3) is 0 Å². The van der Waals surface area contributed by atoms with E-state index < -0.39 is 0 Å². The van der Waals surface area contributed by atoms with Crippen molar-refractivity contribution in [1.82, 2.24) is 15.6 Å². The zero-order valence-corrected chi connectivity index (χ0v) is 19.6. The number of thiazole rings is 1. The average Bonchev–Trinajstić information content (AvgIpc) is 3.13. The van der Waals surface area contributed by atoms with Gasteiger partial charge in [-0.3, -0.25) is 4.99 Å². The SMILES string of the molecule is CN=C(NCc1cccc(COC2CCOCC2)c1)NCc1ncc(C)s1.I. The summed E-state index contributed by atoms with van der Waals surface area (Å²) in [5, 5.41) is 7.71. The van der Waals surface area contributed by atoms with Crippen molar-refractivity contribution in [2.24, 2.45) is 4.99 Å². The molecule has 0 unspecified atom stereocenters. The van der Waals surface area contributed by atoms with Crippen LogP contribution in [0.1, 0.15) is 33.9 Å². The Hall–Kier alpha value is -1.23. The molecule has 1 aliphatic rings. The first-order chi connectivity index (χ1) is 13.2. The van der Waals surface area contributed by atoms with Gasteiger partial charge in [0.15, 0.2) is 5.96 Å². The Balaban J connectivity index is 0.00000280. The molecule has 0 spiro atoms. The Bertz CT molecular complexity index is 747. The minimum absolute atomic E-state index is 0. The predicted octanol–water partition coefficient (Wildman–Crippen LogP) is 3.63. The maximum absolute atomic E-state index is 6.02. The van der Waals surface area contributed by atoms with Gasteiger partial charge >= 0.3 is 0 Å². The van der Waals surface area contributed by atoms with Crippen molar-refractivity contribution in [3.8, 4) is 0 Å². The van der Waals surface area contributed by atoms with E-state index in [9.17, 15) is 0 Å². The highest BCUT2D eigenvalue weighted by atomic mass is 127. The first-order valence-corrected chi connectivity index (χ1v) is 10.2. The molecule has 0 atom stereocenters. The van der Waals surface area contributed by atoms with Crippen molar-refractivity contribution >= 4 is 41.3 Å². The number of hydrogen-bond donors (Lipinski definition) is 2. The topological polar surface area (TPSA) is 67.8 Å².